The molecule has 0 aromatic heterocycles. The van der Waals surface area contributed by atoms with E-state index in [2.05, 4.69) is 10.3 Å². The summed E-state index contributed by atoms with van der Waals surface area (Å²) in [5.74, 6) is 0. The molecule has 7 heavy (non-hydrogen) atoms. The van der Waals surface area contributed by atoms with E-state index in [4.69, 9.17) is 10.4 Å². The largest absolute Gasteiger partial charge is 2.00 e. The number of nitrogens with zero attached hydrogens (tertiary/aromatic N) is 2. The van der Waals surface area contributed by atoms with Gasteiger partial charge in [0.15, 0.2) is 0 Å². The summed E-state index contributed by atoms with van der Waals surface area (Å²) >= 11 is 0. The predicted molar refractivity (Wildman–Crippen MR) is 28.5 cm³/mol. The molecule has 0 unspecified atom stereocenters. The van der Waals surface area contributed by atoms with Crippen LogP contribution >= 0.6 is 0 Å². The molecule has 0 spiro atoms. The molecule has 0 aromatic rings. The molecule has 0 aromatic carbocycles. The summed E-state index contributed by atoms with van der Waals surface area (Å²) in [6.45, 7) is 0. The van der Waals surface area contributed by atoms with Crippen LogP contribution in [0.3, 0.4) is 0 Å². The molecule has 0 radical (unpaired) electrons. The van der Waals surface area contributed by atoms with Gasteiger partial charge in [-0.2, -0.15) is 0 Å². The third-order valence-electron chi connectivity index (χ3n) is 0.200. The van der Waals surface area contributed by atoms with Crippen molar-refractivity contribution in [3.63, 3.8) is 0 Å². The van der Waals surface area contributed by atoms with Crippen LogP contribution in [-0.2, 0) is 0 Å². The van der Waals surface area contributed by atoms with E-state index in [0.717, 1.165) is 12.4 Å². The molecule has 4 nitrogen and oxygen atoms in total. The molecule has 0 heterocycles. The smallest absolute Gasteiger partial charge is 1.00 e. The normalized spacial score (nSPS) is 9.71. The number of hydrogen-bond donors (Lipinski definition) is 2. The monoisotopic (exact) mass is 114 g/mol. The average Bonchev–Trinajstić information content (AvgIpc) is 1.61. The summed E-state index contributed by atoms with van der Waals surface area (Å²) in [4.78, 5) is 0. The Morgan fingerprint density at radius 2 is 1.43 bits per heavy atom. The SMILES string of the molecule is ON=CC=NO.[H-].[H-].[Mg+2]. The maximum Gasteiger partial charge on any atom is 2.00 e. The van der Waals surface area contributed by atoms with Crippen LogP contribution in [0.1, 0.15) is 2.85 Å². The molecule has 0 bridgehead atoms. The Hall–Kier alpha value is -0.294. The molecule has 2 N–H and O–H groups in total. The number of oxime groups is 2. The fourth-order valence-corrected chi connectivity index (χ4v) is 0.0596. The van der Waals surface area contributed by atoms with Gasteiger partial charge in [-0.05, 0) is 0 Å². The van der Waals surface area contributed by atoms with Gasteiger partial charge in [-0.3, -0.25) is 0 Å². The van der Waals surface area contributed by atoms with Crippen LogP contribution in [0.25, 0.3) is 0 Å². The Labute approximate surface area is 59.6 Å². The minimum atomic E-state index is 0. The quantitative estimate of drug-likeness (QED) is 0.214. The molecular formula is C2H6MgN2O2. The molecule has 38 valence electrons. The molecule has 0 saturated carbocycles. The van der Waals surface area contributed by atoms with E-state index >= 15 is 0 Å². The Morgan fingerprint density at radius 1 is 1.14 bits per heavy atom. The third kappa shape index (κ3) is 10.7. The summed E-state index contributed by atoms with van der Waals surface area (Å²) in [5.41, 5.74) is 0. The fourth-order valence-electron chi connectivity index (χ4n) is 0.0596. The summed E-state index contributed by atoms with van der Waals surface area (Å²) in [6, 6.07) is 0. The van der Waals surface area contributed by atoms with Crippen molar-refractivity contribution in [2.45, 2.75) is 0 Å². The van der Waals surface area contributed by atoms with Crippen LogP contribution in [0.15, 0.2) is 10.3 Å². The Morgan fingerprint density at radius 3 is 1.57 bits per heavy atom. The van der Waals surface area contributed by atoms with Gasteiger partial charge in [0.2, 0.25) is 0 Å². The van der Waals surface area contributed by atoms with Crippen molar-refractivity contribution in [2.24, 2.45) is 10.3 Å². The van der Waals surface area contributed by atoms with Gasteiger partial charge in [-0.25, -0.2) is 0 Å². The molecule has 0 fully saturated rings. The zero-order valence-corrected chi connectivity index (χ0v) is 5.06. The van der Waals surface area contributed by atoms with Crippen LogP contribution in [-0.4, -0.2) is 45.9 Å². The second-order valence-corrected chi connectivity index (χ2v) is 0.529. The molecule has 0 amide bonds. The Bertz CT molecular complexity index is 69.0. The Kier molecular flexibility index (Phi) is 13.0. The van der Waals surface area contributed by atoms with Gasteiger partial charge in [0.25, 0.3) is 0 Å². The minimum absolute atomic E-state index is 0. The molecular weight excluding hydrogens is 108 g/mol. The second kappa shape index (κ2) is 9.20. The van der Waals surface area contributed by atoms with Gasteiger partial charge in [-0.15, -0.1) is 0 Å². The molecule has 0 aliphatic heterocycles. The minimum Gasteiger partial charge on any atom is -1.00 e. The number of hydrogen-bond acceptors (Lipinski definition) is 4. The van der Waals surface area contributed by atoms with Crippen molar-refractivity contribution in [3.8, 4) is 0 Å². The first-order valence-electron chi connectivity index (χ1n) is 1.25. The molecule has 0 saturated heterocycles. The maximum atomic E-state index is 7.56. The number of rotatable bonds is 1. The maximum absolute atomic E-state index is 7.56. The van der Waals surface area contributed by atoms with Gasteiger partial charge in [0.05, 0.1) is 12.4 Å². The van der Waals surface area contributed by atoms with Gasteiger partial charge in [0.1, 0.15) is 0 Å². The fraction of sp³-hybridized carbons (Fsp3) is 0. The van der Waals surface area contributed by atoms with E-state index < -0.39 is 0 Å². The second-order valence-electron chi connectivity index (χ2n) is 0.529. The zero-order valence-electron chi connectivity index (χ0n) is 5.65. The molecule has 0 aliphatic rings. The molecule has 5 heteroatoms. The predicted octanol–water partition coefficient (Wildman–Crippen LogP) is -0.249. The van der Waals surface area contributed by atoms with E-state index in [1.807, 2.05) is 0 Å². The van der Waals surface area contributed by atoms with Crippen molar-refractivity contribution < 1.29 is 13.3 Å². The summed E-state index contributed by atoms with van der Waals surface area (Å²) in [7, 11) is 0. The summed E-state index contributed by atoms with van der Waals surface area (Å²) in [6.07, 6.45) is 1.89. The van der Waals surface area contributed by atoms with Crippen molar-refractivity contribution in [2.75, 3.05) is 0 Å². The van der Waals surface area contributed by atoms with Crippen LogP contribution < -0.4 is 0 Å². The third-order valence-corrected chi connectivity index (χ3v) is 0.200. The van der Waals surface area contributed by atoms with Crippen LogP contribution in [0.5, 0.6) is 0 Å². The first-order chi connectivity index (χ1) is 2.91. The van der Waals surface area contributed by atoms with Crippen molar-refractivity contribution >= 4 is 35.5 Å². The van der Waals surface area contributed by atoms with Crippen molar-refractivity contribution in [1.29, 1.82) is 0 Å². The standard InChI is InChI=1S/C2H4N2O2.Mg.2H/c5-3-1-2-4-6;;;/h1-2,5-6H;;;/q;+2;2*-1. The molecule has 0 aliphatic carbocycles. The van der Waals surface area contributed by atoms with Crippen molar-refractivity contribution in [1.82, 2.24) is 0 Å². The van der Waals surface area contributed by atoms with Crippen LogP contribution in [0.2, 0.25) is 0 Å². The van der Waals surface area contributed by atoms with Gasteiger partial charge in [-0.1, -0.05) is 10.3 Å². The van der Waals surface area contributed by atoms with E-state index in [1.54, 1.807) is 0 Å². The Balaban J connectivity index is -0.0000000417. The zero-order chi connectivity index (χ0) is 4.83. The molecule has 0 rings (SSSR count). The molecule has 0 atom stereocenters. The summed E-state index contributed by atoms with van der Waals surface area (Å²) < 4.78 is 0. The average molecular weight is 114 g/mol. The topological polar surface area (TPSA) is 65.2 Å². The van der Waals surface area contributed by atoms with Gasteiger partial charge >= 0.3 is 23.1 Å². The van der Waals surface area contributed by atoms with E-state index in [0.29, 0.717) is 0 Å². The first-order valence-corrected chi connectivity index (χ1v) is 1.25. The summed E-state index contributed by atoms with van der Waals surface area (Å²) in [5, 5.41) is 20.1. The van der Waals surface area contributed by atoms with E-state index in [-0.39, 0.29) is 25.9 Å². The van der Waals surface area contributed by atoms with Crippen LogP contribution in [0.4, 0.5) is 0 Å². The first kappa shape index (κ1) is 9.86. The van der Waals surface area contributed by atoms with E-state index in [9.17, 15) is 0 Å². The van der Waals surface area contributed by atoms with Crippen LogP contribution in [0, 0.1) is 0 Å². The van der Waals surface area contributed by atoms with Gasteiger partial charge < -0.3 is 13.3 Å². The van der Waals surface area contributed by atoms with Crippen molar-refractivity contribution in [3.05, 3.63) is 0 Å². The van der Waals surface area contributed by atoms with E-state index in [1.165, 1.54) is 0 Å². The van der Waals surface area contributed by atoms with Gasteiger partial charge in [0, 0.05) is 0 Å².